The second-order valence-corrected chi connectivity index (χ2v) is 24.2. The number of aliphatic hydroxyl groups excluding tert-OH is 2. The standard InChI is InChI=1S/C71H137NO5/c1-3-5-7-9-11-13-15-16-17-18-34-37-40-44-47-51-55-59-63-69(74)68(67-73)72-70(75)64-60-56-52-48-45-41-38-35-32-30-28-26-24-22-20-19-21-23-25-27-29-31-33-36-39-42-46-50-54-58-62-66-77-71(76)65-61-57-53-49-43-14-12-10-8-6-4-2/h21,23,27,29,68-69,73-74H,3-20,22,24-26,28,30-67H2,1-2H3,(H,72,75)/b23-21-,29-27-. The Morgan fingerprint density at radius 3 is 0.987 bits per heavy atom. The van der Waals surface area contributed by atoms with E-state index >= 15 is 0 Å². The Labute approximate surface area is 481 Å². The third kappa shape index (κ3) is 63.4. The van der Waals surface area contributed by atoms with Crippen molar-refractivity contribution in [3.63, 3.8) is 0 Å². The first-order chi connectivity index (χ1) is 38.0. The van der Waals surface area contributed by atoms with Crippen molar-refractivity contribution in [2.45, 2.75) is 405 Å². The van der Waals surface area contributed by atoms with Gasteiger partial charge in [-0.15, -0.1) is 0 Å². The minimum atomic E-state index is -0.664. The van der Waals surface area contributed by atoms with E-state index in [0.29, 0.717) is 25.9 Å². The summed E-state index contributed by atoms with van der Waals surface area (Å²) in [5.41, 5.74) is 0. The Kier molecular flexibility index (Phi) is 65.4. The van der Waals surface area contributed by atoms with Crippen molar-refractivity contribution in [1.29, 1.82) is 0 Å². The van der Waals surface area contributed by atoms with E-state index in [4.69, 9.17) is 4.74 Å². The predicted molar refractivity (Wildman–Crippen MR) is 338 cm³/mol. The van der Waals surface area contributed by atoms with Crippen LogP contribution in [0.1, 0.15) is 393 Å². The number of aliphatic hydroxyl groups is 2. The van der Waals surface area contributed by atoms with Crippen molar-refractivity contribution < 1.29 is 24.5 Å². The number of ether oxygens (including phenoxy) is 1. The van der Waals surface area contributed by atoms with Crippen LogP contribution in [0.5, 0.6) is 0 Å². The summed E-state index contributed by atoms with van der Waals surface area (Å²) in [6.07, 6.45) is 83.7. The summed E-state index contributed by atoms with van der Waals surface area (Å²) < 4.78 is 5.47. The van der Waals surface area contributed by atoms with E-state index in [2.05, 4.69) is 43.5 Å². The van der Waals surface area contributed by atoms with E-state index in [-0.39, 0.29) is 18.5 Å². The van der Waals surface area contributed by atoms with Gasteiger partial charge < -0.3 is 20.3 Å². The summed E-state index contributed by atoms with van der Waals surface area (Å²) >= 11 is 0. The minimum Gasteiger partial charge on any atom is -0.466 e. The molecule has 6 heteroatoms. The number of unbranched alkanes of at least 4 members (excludes halogenated alkanes) is 51. The van der Waals surface area contributed by atoms with Crippen LogP contribution in [0, 0.1) is 0 Å². The van der Waals surface area contributed by atoms with Gasteiger partial charge in [0, 0.05) is 12.8 Å². The molecule has 0 aliphatic rings. The fourth-order valence-electron chi connectivity index (χ4n) is 11.1. The Morgan fingerprint density at radius 1 is 0.364 bits per heavy atom. The fraction of sp³-hybridized carbons (Fsp3) is 0.915. The van der Waals surface area contributed by atoms with E-state index < -0.39 is 12.1 Å². The number of allylic oxidation sites excluding steroid dienone is 4. The second-order valence-electron chi connectivity index (χ2n) is 24.2. The largest absolute Gasteiger partial charge is 0.466 e. The number of esters is 1. The second kappa shape index (κ2) is 66.8. The molecule has 2 unspecified atom stereocenters. The number of hydrogen-bond acceptors (Lipinski definition) is 5. The lowest BCUT2D eigenvalue weighted by Gasteiger charge is -2.22. The highest BCUT2D eigenvalue weighted by Crippen LogP contribution is 2.19. The molecule has 456 valence electrons. The third-order valence-corrected chi connectivity index (χ3v) is 16.5. The van der Waals surface area contributed by atoms with Gasteiger partial charge in [0.25, 0.3) is 0 Å². The van der Waals surface area contributed by atoms with Gasteiger partial charge in [-0.25, -0.2) is 0 Å². The van der Waals surface area contributed by atoms with Crippen molar-refractivity contribution in [2.24, 2.45) is 0 Å². The molecule has 3 N–H and O–H groups in total. The van der Waals surface area contributed by atoms with Crippen LogP contribution in [0.25, 0.3) is 0 Å². The van der Waals surface area contributed by atoms with Crippen molar-refractivity contribution in [3.05, 3.63) is 24.3 Å². The average Bonchev–Trinajstić information content (AvgIpc) is 3.43. The van der Waals surface area contributed by atoms with Gasteiger partial charge in [0.15, 0.2) is 0 Å². The van der Waals surface area contributed by atoms with E-state index in [1.807, 2.05) is 0 Å². The maximum absolute atomic E-state index is 12.5. The van der Waals surface area contributed by atoms with Crippen LogP contribution in [0.2, 0.25) is 0 Å². The molecular formula is C71H137NO5. The zero-order valence-corrected chi connectivity index (χ0v) is 52.2. The molecular weight excluding hydrogens is 947 g/mol. The zero-order chi connectivity index (χ0) is 55.7. The van der Waals surface area contributed by atoms with Crippen LogP contribution >= 0.6 is 0 Å². The highest BCUT2D eigenvalue weighted by atomic mass is 16.5. The first-order valence-electron chi connectivity index (χ1n) is 35.1. The molecule has 0 fully saturated rings. The van der Waals surface area contributed by atoms with Gasteiger partial charge in [0.2, 0.25) is 5.91 Å². The lowest BCUT2D eigenvalue weighted by Crippen LogP contribution is -2.45. The SMILES string of the molecule is CCCCCCCCCCCCCCCCCCCCC(O)C(CO)NC(=O)CCCCCCCCCCCCCCCCC/C=C\C/C=C\CCCCCCCCCCCOC(=O)CCCCCCCCCCCCC. The van der Waals surface area contributed by atoms with E-state index in [0.717, 1.165) is 44.9 Å². The molecule has 77 heavy (non-hydrogen) atoms. The van der Waals surface area contributed by atoms with Crippen LogP contribution in [-0.2, 0) is 14.3 Å². The highest BCUT2D eigenvalue weighted by Gasteiger charge is 2.20. The molecule has 0 heterocycles. The van der Waals surface area contributed by atoms with E-state index in [1.165, 1.54) is 315 Å². The molecule has 0 rings (SSSR count). The number of nitrogens with one attached hydrogen (secondary N) is 1. The van der Waals surface area contributed by atoms with Crippen LogP contribution < -0.4 is 5.32 Å². The zero-order valence-electron chi connectivity index (χ0n) is 52.2. The number of rotatable bonds is 66. The van der Waals surface area contributed by atoms with Gasteiger partial charge in [0.05, 0.1) is 25.4 Å². The maximum Gasteiger partial charge on any atom is 0.305 e. The van der Waals surface area contributed by atoms with E-state index in [9.17, 15) is 19.8 Å². The van der Waals surface area contributed by atoms with Crippen LogP contribution in [0.4, 0.5) is 0 Å². The van der Waals surface area contributed by atoms with Gasteiger partial charge in [0.1, 0.15) is 0 Å². The molecule has 0 aliphatic carbocycles. The average molecular weight is 1080 g/mol. The van der Waals surface area contributed by atoms with Crippen molar-refractivity contribution in [2.75, 3.05) is 13.2 Å². The Morgan fingerprint density at radius 2 is 0.649 bits per heavy atom. The van der Waals surface area contributed by atoms with Crippen molar-refractivity contribution in [1.82, 2.24) is 5.32 Å². The maximum atomic E-state index is 12.5. The van der Waals surface area contributed by atoms with Gasteiger partial charge >= 0.3 is 5.97 Å². The highest BCUT2D eigenvalue weighted by molar-refractivity contribution is 5.76. The number of hydrogen-bond donors (Lipinski definition) is 3. The first kappa shape index (κ1) is 75.3. The molecule has 0 aromatic carbocycles. The predicted octanol–water partition coefficient (Wildman–Crippen LogP) is 22.5. The number of carbonyl (C=O) groups excluding carboxylic acids is 2. The lowest BCUT2D eigenvalue weighted by atomic mass is 10.0. The smallest absolute Gasteiger partial charge is 0.305 e. The topological polar surface area (TPSA) is 95.9 Å². The summed E-state index contributed by atoms with van der Waals surface area (Å²) in [6, 6.07) is -0.541. The Balaban J connectivity index is 3.39. The number of carbonyl (C=O) groups is 2. The Hall–Kier alpha value is -1.66. The van der Waals surface area contributed by atoms with Crippen molar-refractivity contribution >= 4 is 11.9 Å². The van der Waals surface area contributed by atoms with E-state index in [1.54, 1.807) is 0 Å². The molecule has 0 spiro atoms. The molecule has 0 saturated carbocycles. The Bertz CT molecular complexity index is 1200. The lowest BCUT2D eigenvalue weighted by molar-refractivity contribution is -0.143. The van der Waals surface area contributed by atoms with Crippen LogP contribution in [0.3, 0.4) is 0 Å². The quantitative estimate of drug-likeness (QED) is 0.0320. The molecule has 0 radical (unpaired) electrons. The molecule has 6 nitrogen and oxygen atoms in total. The molecule has 0 saturated heterocycles. The normalized spacial score (nSPS) is 12.6. The monoisotopic (exact) mass is 1080 g/mol. The summed E-state index contributed by atoms with van der Waals surface area (Å²) in [7, 11) is 0. The molecule has 2 atom stereocenters. The summed E-state index contributed by atoms with van der Waals surface area (Å²) in [6.45, 7) is 4.98. The summed E-state index contributed by atoms with van der Waals surface area (Å²) in [4.78, 5) is 24.5. The molecule has 0 aromatic rings. The van der Waals surface area contributed by atoms with Crippen LogP contribution in [-0.4, -0.2) is 47.4 Å². The number of amides is 1. The molecule has 1 amide bonds. The van der Waals surface area contributed by atoms with Gasteiger partial charge in [-0.1, -0.05) is 346 Å². The van der Waals surface area contributed by atoms with Gasteiger partial charge in [-0.05, 0) is 57.8 Å². The van der Waals surface area contributed by atoms with Crippen molar-refractivity contribution in [3.8, 4) is 0 Å². The summed E-state index contributed by atoms with van der Waals surface area (Å²) in [5, 5.41) is 23.4. The van der Waals surface area contributed by atoms with Gasteiger partial charge in [-0.2, -0.15) is 0 Å². The third-order valence-electron chi connectivity index (χ3n) is 16.5. The molecule has 0 aliphatic heterocycles. The van der Waals surface area contributed by atoms with Crippen LogP contribution in [0.15, 0.2) is 24.3 Å². The minimum absolute atomic E-state index is 0.0134. The molecule has 0 bridgehead atoms. The van der Waals surface area contributed by atoms with Gasteiger partial charge in [-0.3, -0.25) is 9.59 Å². The first-order valence-corrected chi connectivity index (χ1v) is 35.1. The summed E-state index contributed by atoms with van der Waals surface area (Å²) in [5.74, 6) is -0.0171. The molecule has 0 aromatic heterocycles. The fourth-order valence-corrected chi connectivity index (χ4v) is 11.1.